The molecule has 7 aromatic carbocycles. The van der Waals surface area contributed by atoms with E-state index in [1.807, 2.05) is 0 Å². The Morgan fingerprint density at radius 3 is 0.711 bits per heavy atom. The van der Waals surface area contributed by atoms with Crippen LogP contribution in [-0.4, -0.2) is 59.5 Å². The molecular formula is C84H96O6. The molecule has 0 radical (unpaired) electrons. The summed E-state index contributed by atoms with van der Waals surface area (Å²) in [6.45, 7) is 6.22. The summed E-state index contributed by atoms with van der Waals surface area (Å²) in [6.07, 6.45) is 30.2. The Labute approximate surface area is 537 Å². The fourth-order valence-electron chi connectivity index (χ4n) is 21.7. The first-order chi connectivity index (χ1) is 44.3. The normalized spacial score (nSPS) is 29.7. The smallest absolute Gasteiger partial charge is 0.119 e. The lowest BCUT2D eigenvalue weighted by Gasteiger charge is -2.57. The molecule has 12 aliphatic carbocycles. The molecule has 0 aliphatic heterocycles. The lowest BCUT2D eigenvalue weighted by Crippen LogP contribution is -2.46. The summed E-state index contributed by atoms with van der Waals surface area (Å²) in [7, 11) is 0. The van der Waals surface area contributed by atoms with Crippen LogP contribution in [-0.2, 0) is 14.2 Å². The number of ether oxygens (including phenoxy) is 6. The number of rotatable bonds is 27. The number of hydrogen-bond acceptors (Lipinski definition) is 6. The van der Waals surface area contributed by atoms with Crippen LogP contribution >= 0.6 is 0 Å². The van der Waals surface area contributed by atoms with Crippen LogP contribution in [0.4, 0.5) is 0 Å². The highest BCUT2D eigenvalue weighted by atomic mass is 16.5. The van der Waals surface area contributed by atoms with Crippen LogP contribution in [0.3, 0.4) is 0 Å². The molecule has 0 N–H and O–H groups in total. The van der Waals surface area contributed by atoms with Gasteiger partial charge in [0, 0.05) is 19.8 Å². The van der Waals surface area contributed by atoms with Gasteiger partial charge in [-0.15, -0.1) is 0 Å². The Kier molecular flexibility index (Phi) is 16.8. The van der Waals surface area contributed by atoms with Gasteiger partial charge in [-0.05, 0) is 308 Å². The molecule has 0 unspecified atom stereocenters. The minimum atomic E-state index is 0.566. The first kappa shape index (κ1) is 58.9. The van der Waals surface area contributed by atoms with Gasteiger partial charge in [-0.2, -0.15) is 0 Å². The molecule has 0 atom stereocenters. The van der Waals surface area contributed by atoms with Gasteiger partial charge < -0.3 is 28.4 Å². The second-order valence-electron chi connectivity index (χ2n) is 30.9. The molecule has 0 saturated heterocycles. The zero-order valence-electron chi connectivity index (χ0n) is 53.4. The second kappa shape index (κ2) is 25.7. The maximum absolute atomic E-state index is 6.21. The van der Waals surface area contributed by atoms with E-state index in [1.54, 1.807) is 0 Å². The molecule has 7 aromatic rings. The van der Waals surface area contributed by atoms with E-state index in [4.69, 9.17) is 28.4 Å². The minimum absolute atomic E-state index is 0.566. The van der Waals surface area contributed by atoms with Gasteiger partial charge >= 0.3 is 0 Å². The average Bonchev–Trinajstić information content (AvgIpc) is 0.840. The molecule has 12 saturated carbocycles. The maximum Gasteiger partial charge on any atom is 0.119 e. The predicted molar refractivity (Wildman–Crippen MR) is 364 cm³/mol. The third-order valence-corrected chi connectivity index (χ3v) is 24.5. The van der Waals surface area contributed by atoms with Crippen molar-refractivity contribution in [3.8, 4) is 84.0 Å². The lowest BCUT2D eigenvalue weighted by molar-refractivity contribution is -0.0699. The number of benzene rings is 7. The molecular weight excluding hydrogens is 1100 g/mol. The zero-order valence-corrected chi connectivity index (χ0v) is 53.4. The fourth-order valence-corrected chi connectivity index (χ4v) is 21.7. The summed E-state index contributed by atoms with van der Waals surface area (Å²) < 4.78 is 37.2. The van der Waals surface area contributed by atoms with E-state index in [0.717, 1.165) is 95.9 Å². The van der Waals surface area contributed by atoms with Crippen LogP contribution in [0.1, 0.15) is 135 Å². The van der Waals surface area contributed by atoms with Crippen molar-refractivity contribution in [2.24, 2.45) is 69.5 Å². The van der Waals surface area contributed by atoms with E-state index in [1.165, 1.54) is 196 Å². The third kappa shape index (κ3) is 13.0. The first-order valence-electron chi connectivity index (χ1n) is 35.6. The van der Waals surface area contributed by atoms with E-state index in [-0.39, 0.29) is 0 Å². The summed E-state index contributed by atoms with van der Waals surface area (Å²) in [5.41, 5.74) is 15.9. The summed E-state index contributed by atoms with van der Waals surface area (Å²) in [4.78, 5) is 0. The van der Waals surface area contributed by atoms with Crippen LogP contribution in [0.25, 0.3) is 66.8 Å². The van der Waals surface area contributed by atoms with Crippen LogP contribution < -0.4 is 14.2 Å². The third-order valence-electron chi connectivity index (χ3n) is 24.5. The number of hydrogen-bond donors (Lipinski definition) is 0. The van der Waals surface area contributed by atoms with Crippen molar-refractivity contribution in [3.05, 3.63) is 164 Å². The van der Waals surface area contributed by atoms with E-state index in [0.29, 0.717) is 55.9 Å². The van der Waals surface area contributed by atoms with Gasteiger partial charge in [-0.1, -0.05) is 127 Å². The topological polar surface area (TPSA) is 55.4 Å². The molecule has 12 fully saturated rings. The van der Waals surface area contributed by atoms with Crippen molar-refractivity contribution in [3.63, 3.8) is 0 Å². The van der Waals surface area contributed by atoms with Crippen LogP contribution in [0.5, 0.6) is 17.2 Å². The first-order valence-corrected chi connectivity index (χ1v) is 35.6. The molecule has 0 spiro atoms. The van der Waals surface area contributed by atoms with Gasteiger partial charge in [0.25, 0.3) is 0 Å². The highest BCUT2D eigenvalue weighted by Crippen LogP contribution is 2.64. The quantitative estimate of drug-likeness (QED) is 0.0478. The summed E-state index contributed by atoms with van der Waals surface area (Å²) in [5.74, 6) is 11.6. The molecule has 0 amide bonds. The van der Waals surface area contributed by atoms with Crippen molar-refractivity contribution in [2.75, 3.05) is 59.5 Å². The van der Waals surface area contributed by atoms with Crippen LogP contribution in [0.2, 0.25) is 0 Å². The van der Waals surface area contributed by atoms with Gasteiger partial charge in [-0.3, -0.25) is 0 Å². The lowest BCUT2D eigenvalue weighted by atomic mass is 9.49. The molecule has 12 aliphatic rings. The molecule has 468 valence electrons. The van der Waals surface area contributed by atoms with Crippen molar-refractivity contribution >= 4 is 0 Å². The summed E-state index contributed by atoms with van der Waals surface area (Å²) in [5, 5.41) is 0. The Morgan fingerprint density at radius 1 is 0.233 bits per heavy atom. The van der Waals surface area contributed by atoms with Crippen LogP contribution in [0.15, 0.2) is 164 Å². The average molecular weight is 1200 g/mol. The van der Waals surface area contributed by atoms with E-state index < -0.39 is 0 Å². The zero-order chi connectivity index (χ0) is 59.9. The van der Waals surface area contributed by atoms with Crippen molar-refractivity contribution in [1.29, 1.82) is 0 Å². The fraction of sp³-hybridized carbons (Fsp3) is 0.500. The van der Waals surface area contributed by atoms with E-state index >= 15 is 0 Å². The molecule has 90 heavy (non-hydrogen) atoms. The molecule has 12 bridgehead atoms. The van der Waals surface area contributed by atoms with E-state index in [9.17, 15) is 0 Å². The highest BCUT2D eigenvalue weighted by molar-refractivity contribution is 5.95. The molecule has 6 heteroatoms. The standard InChI is InChI=1S/C84H96O6/c1-2-79(73-10-4-67(5-11-73)70-16-22-76(23-17-70)88-37-34-85-31-28-82-49-58-40-59(50-82)42-60(41-58)51-82)81(75-14-8-69(9-15-75)72-20-26-78(27-21-72)90-39-36-87-33-30-84-55-64-46-65(56-84)48-66(47-64)57-84)80(3-1)74-12-6-68(7-13-74)71-18-24-77(25-19-71)89-38-35-86-32-29-83-52-61-43-62(53-83)45-63(44-61)54-83/h1-27,58-66H,28-57H2. The maximum atomic E-state index is 6.21. The minimum Gasteiger partial charge on any atom is -0.491 e. The van der Waals surface area contributed by atoms with Crippen molar-refractivity contribution < 1.29 is 28.4 Å². The monoisotopic (exact) mass is 1200 g/mol. The van der Waals surface area contributed by atoms with Gasteiger partial charge in [0.15, 0.2) is 0 Å². The van der Waals surface area contributed by atoms with Gasteiger partial charge in [0.1, 0.15) is 37.1 Å². The van der Waals surface area contributed by atoms with Gasteiger partial charge in [-0.25, -0.2) is 0 Å². The second-order valence-corrected chi connectivity index (χ2v) is 30.9. The Balaban J connectivity index is 0.563. The van der Waals surface area contributed by atoms with Crippen molar-refractivity contribution in [2.45, 2.75) is 135 Å². The van der Waals surface area contributed by atoms with Crippen molar-refractivity contribution in [1.82, 2.24) is 0 Å². The summed E-state index contributed by atoms with van der Waals surface area (Å²) in [6, 6.07) is 59.7. The van der Waals surface area contributed by atoms with Gasteiger partial charge in [0.05, 0.1) is 19.8 Å². The SMILES string of the molecule is c1cc(-c2ccc(-c3ccc(OCCOCCC45CC6CC(CC(C6)C4)C5)cc3)cc2)c(-c2ccc(-c3ccc(OCCOCCC45CC6CC(CC(C6)C4)C5)cc3)cc2)c(-c2ccc(-c3ccc(OCCOCCC45CC6CC(CC(C6)C4)C5)cc3)cc2)c1. The molecule has 19 rings (SSSR count). The Hall–Kier alpha value is -6.18. The molecule has 6 nitrogen and oxygen atoms in total. The predicted octanol–water partition coefficient (Wildman–Crippen LogP) is 20.7. The highest BCUT2D eigenvalue weighted by Gasteiger charge is 2.53. The van der Waals surface area contributed by atoms with E-state index in [2.05, 4.69) is 164 Å². The largest absolute Gasteiger partial charge is 0.491 e. The summed E-state index contributed by atoms with van der Waals surface area (Å²) >= 11 is 0. The Morgan fingerprint density at radius 2 is 0.456 bits per heavy atom. The van der Waals surface area contributed by atoms with Gasteiger partial charge in [0.2, 0.25) is 0 Å². The van der Waals surface area contributed by atoms with Crippen LogP contribution in [0, 0.1) is 69.5 Å². The Bertz CT molecular complexity index is 3260. The molecule has 0 heterocycles. The molecule has 0 aromatic heterocycles.